The summed E-state index contributed by atoms with van der Waals surface area (Å²) in [7, 11) is 0. The molecule has 2 aromatic rings. The molecule has 0 amide bonds. The Morgan fingerprint density at radius 2 is 2.12 bits per heavy atom. The van der Waals surface area contributed by atoms with Crippen LogP contribution < -0.4 is 5.73 Å². The van der Waals surface area contributed by atoms with Crippen LogP contribution in [0.5, 0.6) is 0 Å². The van der Waals surface area contributed by atoms with E-state index in [1.165, 1.54) is 0 Å². The Labute approximate surface area is 93.2 Å². The summed E-state index contributed by atoms with van der Waals surface area (Å²) in [6, 6.07) is 3.67. The molecule has 84 valence electrons. The van der Waals surface area contributed by atoms with Gasteiger partial charge in [0.15, 0.2) is 5.65 Å². The van der Waals surface area contributed by atoms with E-state index >= 15 is 0 Å². The number of fused-ring (bicyclic) bond motifs is 1. The summed E-state index contributed by atoms with van der Waals surface area (Å²) in [4.78, 5) is 4.57. The number of nitrogen functional groups attached to an aromatic ring is 1. The fraction of sp³-hybridized carbons (Fsp3) is 0.455. The summed E-state index contributed by atoms with van der Waals surface area (Å²) in [6.45, 7) is 1.65. The molecular weight excluding hydrogens is 204 g/mol. The highest BCUT2D eigenvalue weighted by Crippen LogP contribution is 2.26. The fourth-order valence-corrected chi connectivity index (χ4v) is 2.11. The molecule has 1 aliphatic heterocycles. The van der Waals surface area contributed by atoms with Crippen molar-refractivity contribution in [1.29, 1.82) is 0 Å². The highest BCUT2D eigenvalue weighted by Gasteiger charge is 2.18. The second-order valence-corrected chi connectivity index (χ2v) is 4.11. The van der Waals surface area contributed by atoms with E-state index < -0.39 is 0 Å². The average molecular weight is 218 g/mol. The minimum absolute atomic E-state index is 0.497. The zero-order valence-electron chi connectivity index (χ0n) is 8.97. The normalized spacial score (nSPS) is 18.0. The van der Waals surface area contributed by atoms with E-state index in [1.54, 1.807) is 10.6 Å². The Morgan fingerprint density at radius 3 is 2.94 bits per heavy atom. The Kier molecular flexibility index (Phi) is 2.25. The number of anilines is 1. The molecule has 0 unspecified atom stereocenters. The number of nitrogens with two attached hydrogens (primary N) is 1. The van der Waals surface area contributed by atoms with Gasteiger partial charge in [-0.3, -0.25) is 0 Å². The van der Waals surface area contributed by atoms with Crippen LogP contribution in [0.2, 0.25) is 0 Å². The van der Waals surface area contributed by atoms with Gasteiger partial charge in [-0.05, 0) is 25.0 Å². The Bertz CT molecular complexity index is 502. The van der Waals surface area contributed by atoms with Crippen molar-refractivity contribution < 1.29 is 4.74 Å². The van der Waals surface area contributed by atoms with Crippen LogP contribution in [-0.2, 0) is 4.74 Å². The van der Waals surface area contributed by atoms with Gasteiger partial charge in [-0.1, -0.05) is 0 Å². The molecular formula is C11H14N4O. The molecule has 1 fully saturated rings. The van der Waals surface area contributed by atoms with Gasteiger partial charge in [0.05, 0.1) is 11.9 Å². The van der Waals surface area contributed by atoms with Crippen molar-refractivity contribution in [3.05, 3.63) is 24.0 Å². The molecule has 1 saturated heterocycles. The first-order valence-electron chi connectivity index (χ1n) is 5.52. The van der Waals surface area contributed by atoms with Crippen LogP contribution in [0.25, 0.3) is 5.65 Å². The van der Waals surface area contributed by atoms with Crippen LogP contribution in [0.1, 0.15) is 24.5 Å². The summed E-state index contributed by atoms with van der Waals surface area (Å²) in [5, 5.41) is 4.19. The first-order valence-corrected chi connectivity index (χ1v) is 5.52. The molecule has 0 bridgehead atoms. The van der Waals surface area contributed by atoms with Crippen molar-refractivity contribution in [2.24, 2.45) is 0 Å². The minimum Gasteiger partial charge on any atom is -0.382 e. The second kappa shape index (κ2) is 3.75. The van der Waals surface area contributed by atoms with Crippen LogP contribution in [0.4, 0.5) is 5.82 Å². The quantitative estimate of drug-likeness (QED) is 0.781. The van der Waals surface area contributed by atoms with Crippen LogP contribution in [-0.4, -0.2) is 27.8 Å². The lowest BCUT2D eigenvalue weighted by Crippen LogP contribution is -2.14. The first kappa shape index (κ1) is 9.59. The van der Waals surface area contributed by atoms with E-state index in [0.717, 1.165) is 37.4 Å². The number of hydrogen-bond acceptors (Lipinski definition) is 4. The number of nitrogens with zero attached hydrogens (tertiary/aromatic N) is 3. The van der Waals surface area contributed by atoms with Gasteiger partial charge in [-0.15, -0.1) is 5.10 Å². The van der Waals surface area contributed by atoms with Crippen molar-refractivity contribution >= 4 is 11.5 Å². The van der Waals surface area contributed by atoms with Gasteiger partial charge >= 0.3 is 0 Å². The standard InChI is InChI=1S/C11H14N4O/c12-10-1-2-11-13-9(7-15(11)14-10)8-3-5-16-6-4-8/h1-2,7-8H,3-6H2,(H2,12,14). The van der Waals surface area contributed by atoms with Crippen molar-refractivity contribution in [3.63, 3.8) is 0 Å². The number of imidazole rings is 1. The van der Waals surface area contributed by atoms with Gasteiger partial charge in [-0.2, -0.15) is 0 Å². The Hall–Kier alpha value is -1.62. The molecule has 0 aliphatic carbocycles. The number of ether oxygens (including phenoxy) is 1. The SMILES string of the molecule is Nc1ccc2nc(C3CCOCC3)cn2n1. The third-order valence-electron chi connectivity index (χ3n) is 3.00. The Balaban J connectivity index is 1.97. The van der Waals surface area contributed by atoms with Crippen LogP contribution >= 0.6 is 0 Å². The number of hydrogen-bond donors (Lipinski definition) is 1. The molecule has 0 radical (unpaired) electrons. The topological polar surface area (TPSA) is 65.4 Å². The lowest BCUT2D eigenvalue weighted by Gasteiger charge is -2.19. The molecule has 5 heteroatoms. The van der Waals surface area contributed by atoms with Gasteiger partial charge < -0.3 is 10.5 Å². The molecule has 2 aromatic heterocycles. The molecule has 1 aliphatic rings. The maximum Gasteiger partial charge on any atom is 0.153 e. The van der Waals surface area contributed by atoms with E-state index in [9.17, 15) is 0 Å². The van der Waals surface area contributed by atoms with Crippen molar-refractivity contribution in [2.45, 2.75) is 18.8 Å². The van der Waals surface area contributed by atoms with E-state index in [2.05, 4.69) is 10.1 Å². The molecule has 0 aromatic carbocycles. The molecule has 16 heavy (non-hydrogen) atoms. The van der Waals surface area contributed by atoms with Gasteiger partial charge in [0, 0.05) is 19.1 Å². The van der Waals surface area contributed by atoms with Crippen LogP contribution in [0.15, 0.2) is 18.3 Å². The third-order valence-corrected chi connectivity index (χ3v) is 3.00. The third kappa shape index (κ3) is 1.63. The van der Waals surface area contributed by atoms with Gasteiger partial charge in [0.1, 0.15) is 5.82 Å². The Morgan fingerprint density at radius 1 is 1.31 bits per heavy atom. The van der Waals surface area contributed by atoms with Crippen LogP contribution in [0, 0.1) is 0 Å². The van der Waals surface area contributed by atoms with Gasteiger partial charge in [0.25, 0.3) is 0 Å². The minimum atomic E-state index is 0.497. The summed E-state index contributed by atoms with van der Waals surface area (Å²) in [6.07, 6.45) is 4.06. The maximum atomic E-state index is 5.63. The lowest BCUT2D eigenvalue weighted by atomic mass is 9.97. The molecule has 0 spiro atoms. The average Bonchev–Trinajstić information content (AvgIpc) is 2.73. The predicted octanol–water partition coefficient (Wildman–Crippen LogP) is 1.21. The van der Waals surface area contributed by atoms with Gasteiger partial charge in [-0.25, -0.2) is 9.50 Å². The largest absolute Gasteiger partial charge is 0.382 e. The zero-order chi connectivity index (χ0) is 11.0. The van der Waals surface area contributed by atoms with E-state index in [-0.39, 0.29) is 0 Å². The van der Waals surface area contributed by atoms with E-state index in [4.69, 9.17) is 10.5 Å². The fourth-order valence-electron chi connectivity index (χ4n) is 2.11. The lowest BCUT2D eigenvalue weighted by molar-refractivity contribution is 0.0846. The summed E-state index contributed by atoms with van der Waals surface area (Å²) < 4.78 is 7.09. The highest BCUT2D eigenvalue weighted by molar-refractivity contribution is 5.43. The summed E-state index contributed by atoms with van der Waals surface area (Å²) >= 11 is 0. The van der Waals surface area contributed by atoms with E-state index in [0.29, 0.717) is 11.7 Å². The maximum absolute atomic E-state index is 5.63. The monoisotopic (exact) mass is 218 g/mol. The highest BCUT2D eigenvalue weighted by atomic mass is 16.5. The molecule has 0 saturated carbocycles. The van der Waals surface area contributed by atoms with Gasteiger partial charge in [0.2, 0.25) is 0 Å². The smallest absolute Gasteiger partial charge is 0.153 e. The van der Waals surface area contributed by atoms with E-state index in [1.807, 2.05) is 12.3 Å². The summed E-state index contributed by atoms with van der Waals surface area (Å²) in [5.41, 5.74) is 7.59. The second-order valence-electron chi connectivity index (χ2n) is 4.11. The van der Waals surface area contributed by atoms with Crippen LogP contribution in [0.3, 0.4) is 0 Å². The molecule has 5 nitrogen and oxygen atoms in total. The predicted molar refractivity (Wildman–Crippen MR) is 60.2 cm³/mol. The molecule has 2 N–H and O–H groups in total. The van der Waals surface area contributed by atoms with Crippen molar-refractivity contribution in [3.8, 4) is 0 Å². The van der Waals surface area contributed by atoms with Crippen molar-refractivity contribution in [2.75, 3.05) is 18.9 Å². The number of aromatic nitrogens is 3. The van der Waals surface area contributed by atoms with Crippen molar-refractivity contribution in [1.82, 2.24) is 14.6 Å². The zero-order valence-corrected chi connectivity index (χ0v) is 8.97. The number of rotatable bonds is 1. The molecule has 0 atom stereocenters. The molecule has 3 heterocycles. The summed E-state index contributed by atoms with van der Waals surface area (Å²) in [5.74, 6) is 1.01. The first-order chi connectivity index (χ1) is 7.83. The molecule has 3 rings (SSSR count).